The van der Waals surface area contributed by atoms with Crippen LogP contribution in [0.5, 0.6) is 0 Å². The third-order valence-electron chi connectivity index (χ3n) is 4.55. The zero-order chi connectivity index (χ0) is 14.4. The van der Waals surface area contributed by atoms with Gasteiger partial charge in [-0.05, 0) is 48.4 Å². The molecule has 0 aromatic heterocycles. The van der Waals surface area contributed by atoms with E-state index in [0.29, 0.717) is 12.1 Å². The summed E-state index contributed by atoms with van der Waals surface area (Å²) in [4.78, 5) is 0. The summed E-state index contributed by atoms with van der Waals surface area (Å²) in [5.74, 6) is 1.74. The monoisotopic (exact) mass is 271 g/mol. The van der Waals surface area contributed by atoms with Crippen LogP contribution in [0.15, 0.2) is 18.2 Å². The Balaban J connectivity index is 1.85. The smallest absolute Gasteiger partial charge is 0.0670 e. The van der Waals surface area contributed by atoms with Crippen LogP contribution in [0.2, 0.25) is 0 Å². The van der Waals surface area contributed by atoms with Gasteiger partial charge in [-0.15, -0.1) is 0 Å². The Bertz CT molecular complexity index is 468. The molecule has 0 spiro atoms. The van der Waals surface area contributed by atoms with Crippen molar-refractivity contribution in [3.8, 4) is 6.07 Å². The van der Waals surface area contributed by atoms with Crippen LogP contribution < -0.4 is 11.1 Å². The largest absolute Gasteiger partial charge is 0.398 e. The van der Waals surface area contributed by atoms with Gasteiger partial charge in [0.25, 0.3) is 0 Å². The molecule has 0 unspecified atom stereocenters. The first-order valence-electron chi connectivity index (χ1n) is 7.72. The molecular weight excluding hydrogens is 246 g/mol. The minimum absolute atomic E-state index is 0.378. The number of nitrogens with two attached hydrogens (primary N) is 1. The molecule has 1 aromatic rings. The molecule has 2 rings (SSSR count). The Morgan fingerprint density at radius 2 is 1.95 bits per heavy atom. The van der Waals surface area contributed by atoms with Gasteiger partial charge in [0.05, 0.1) is 12.5 Å². The van der Waals surface area contributed by atoms with Crippen molar-refractivity contribution in [1.29, 1.82) is 5.26 Å². The predicted molar refractivity (Wildman–Crippen MR) is 84.4 cm³/mol. The summed E-state index contributed by atoms with van der Waals surface area (Å²) in [6, 6.07) is 8.07. The molecule has 3 nitrogen and oxygen atoms in total. The Kier molecular flexibility index (Phi) is 5.29. The fourth-order valence-electron chi connectivity index (χ4n) is 3.06. The van der Waals surface area contributed by atoms with Crippen LogP contribution in [0.1, 0.15) is 44.6 Å². The summed E-state index contributed by atoms with van der Waals surface area (Å²) in [6.07, 6.45) is 7.14. The van der Waals surface area contributed by atoms with Gasteiger partial charge in [-0.2, -0.15) is 5.26 Å². The van der Waals surface area contributed by atoms with Crippen molar-refractivity contribution in [3.63, 3.8) is 0 Å². The van der Waals surface area contributed by atoms with E-state index in [1.165, 1.54) is 32.1 Å². The van der Waals surface area contributed by atoms with E-state index in [4.69, 9.17) is 11.0 Å². The number of nitriles is 1. The van der Waals surface area contributed by atoms with E-state index >= 15 is 0 Å². The van der Waals surface area contributed by atoms with E-state index in [2.05, 4.69) is 18.3 Å². The molecule has 0 radical (unpaired) electrons. The minimum atomic E-state index is 0.378. The van der Waals surface area contributed by atoms with Crippen molar-refractivity contribution in [2.75, 3.05) is 17.6 Å². The van der Waals surface area contributed by atoms with Gasteiger partial charge in [-0.1, -0.05) is 26.2 Å². The van der Waals surface area contributed by atoms with Crippen molar-refractivity contribution in [1.82, 2.24) is 0 Å². The molecule has 0 bridgehead atoms. The SMILES string of the molecule is CCC1CCC(CNc2ccc(N)c(CC#N)c2)CC1. The molecule has 20 heavy (non-hydrogen) atoms. The minimum Gasteiger partial charge on any atom is -0.398 e. The maximum absolute atomic E-state index is 8.79. The molecule has 1 aliphatic carbocycles. The molecule has 1 fully saturated rings. The van der Waals surface area contributed by atoms with Gasteiger partial charge in [-0.3, -0.25) is 0 Å². The maximum atomic E-state index is 8.79. The van der Waals surface area contributed by atoms with Crippen LogP contribution in [0.3, 0.4) is 0 Å². The molecule has 0 heterocycles. The lowest BCUT2D eigenvalue weighted by molar-refractivity contribution is 0.278. The molecule has 1 aromatic carbocycles. The maximum Gasteiger partial charge on any atom is 0.0670 e. The van der Waals surface area contributed by atoms with Gasteiger partial charge in [0, 0.05) is 17.9 Å². The van der Waals surface area contributed by atoms with Crippen molar-refractivity contribution in [2.45, 2.75) is 45.4 Å². The van der Waals surface area contributed by atoms with Gasteiger partial charge in [0.1, 0.15) is 0 Å². The number of nitrogen functional groups attached to an aromatic ring is 1. The summed E-state index contributed by atoms with van der Waals surface area (Å²) < 4.78 is 0. The molecule has 3 heteroatoms. The highest BCUT2D eigenvalue weighted by Gasteiger charge is 2.19. The highest BCUT2D eigenvalue weighted by molar-refractivity contribution is 5.58. The van der Waals surface area contributed by atoms with Crippen LogP contribution in [0, 0.1) is 23.2 Å². The Hall–Kier alpha value is -1.69. The number of anilines is 2. The first kappa shape index (κ1) is 14.7. The molecular formula is C17H25N3. The summed E-state index contributed by atoms with van der Waals surface area (Å²) in [6.45, 7) is 3.33. The second kappa shape index (κ2) is 7.19. The van der Waals surface area contributed by atoms with Gasteiger partial charge < -0.3 is 11.1 Å². The number of rotatable bonds is 5. The number of nitrogens with zero attached hydrogens (tertiary/aromatic N) is 1. The fourth-order valence-corrected chi connectivity index (χ4v) is 3.06. The van der Waals surface area contributed by atoms with E-state index in [-0.39, 0.29) is 0 Å². The molecule has 0 atom stereocenters. The molecule has 1 aliphatic rings. The number of hydrogen-bond acceptors (Lipinski definition) is 3. The molecule has 1 saturated carbocycles. The normalized spacial score (nSPS) is 22.2. The van der Waals surface area contributed by atoms with E-state index in [9.17, 15) is 0 Å². The van der Waals surface area contributed by atoms with E-state index in [1.54, 1.807) is 0 Å². The van der Waals surface area contributed by atoms with E-state index in [1.807, 2.05) is 18.2 Å². The lowest BCUT2D eigenvalue weighted by Gasteiger charge is -2.28. The average Bonchev–Trinajstić information content (AvgIpc) is 2.49. The van der Waals surface area contributed by atoms with Crippen molar-refractivity contribution < 1.29 is 0 Å². The Morgan fingerprint density at radius 1 is 1.25 bits per heavy atom. The zero-order valence-corrected chi connectivity index (χ0v) is 12.4. The molecule has 3 N–H and O–H groups in total. The van der Waals surface area contributed by atoms with Crippen molar-refractivity contribution in [2.24, 2.45) is 11.8 Å². The van der Waals surface area contributed by atoms with Crippen molar-refractivity contribution in [3.05, 3.63) is 23.8 Å². The second-order valence-corrected chi connectivity index (χ2v) is 5.92. The average molecular weight is 271 g/mol. The van der Waals surface area contributed by atoms with Gasteiger partial charge in [-0.25, -0.2) is 0 Å². The van der Waals surface area contributed by atoms with Crippen LogP contribution in [-0.4, -0.2) is 6.54 Å². The van der Waals surface area contributed by atoms with Gasteiger partial charge in [0.2, 0.25) is 0 Å². The first-order chi connectivity index (χ1) is 9.72. The highest BCUT2D eigenvalue weighted by atomic mass is 14.9. The highest BCUT2D eigenvalue weighted by Crippen LogP contribution is 2.30. The molecule has 0 amide bonds. The standard InChI is InChI=1S/C17H25N3/c1-2-13-3-5-14(6-4-13)12-20-16-7-8-17(19)15(11-16)9-10-18/h7-8,11,13-14,20H,2-6,9,12,19H2,1H3. The van der Waals surface area contributed by atoms with Crippen LogP contribution in [-0.2, 0) is 6.42 Å². The summed E-state index contributed by atoms with van der Waals surface area (Å²) in [5.41, 5.74) is 8.58. The Labute approximate surface area is 122 Å². The first-order valence-corrected chi connectivity index (χ1v) is 7.72. The molecule has 0 aliphatic heterocycles. The topological polar surface area (TPSA) is 61.8 Å². The zero-order valence-electron chi connectivity index (χ0n) is 12.4. The third-order valence-corrected chi connectivity index (χ3v) is 4.55. The fraction of sp³-hybridized carbons (Fsp3) is 0.588. The van der Waals surface area contributed by atoms with Crippen molar-refractivity contribution >= 4 is 11.4 Å². The Morgan fingerprint density at radius 3 is 2.60 bits per heavy atom. The number of nitrogens with one attached hydrogen (secondary N) is 1. The number of benzene rings is 1. The molecule has 108 valence electrons. The van der Waals surface area contributed by atoms with E-state index < -0.39 is 0 Å². The van der Waals surface area contributed by atoms with Gasteiger partial charge in [0.15, 0.2) is 0 Å². The quantitative estimate of drug-likeness (QED) is 0.797. The van der Waals surface area contributed by atoms with Gasteiger partial charge >= 0.3 is 0 Å². The van der Waals surface area contributed by atoms with Crippen LogP contribution >= 0.6 is 0 Å². The predicted octanol–water partition coefficient (Wildman–Crippen LogP) is 3.96. The lowest BCUT2D eigenvalue weighted by Crippen LogP contribution is -2.21. The summed E-state index contributed by atoms with van der Waals surface area (Å²) in [5, 5.41) is 12.3. The molecule has 0 saturated heterocycles. The lowest BCUT2D eigenvalue weighted by atomic mass is 9.81. The second-order valence-electron chi connectivity index (χ2n) is 5.92. The third kappa shape index (κ3) is 3.90. The number of hydrogen-bond donors (Lipinski definition) is 2. The van der Waals surface area contributed by atoms with Crippen LogP contribution in [0.4, 0.5) is 11.4 Å². The van der Waals surface area contributed by atoms with Crippen LogP contribution in [0.25, 0.3) is 0 Å². The summed E-state index contributed by atoms with van der Waals surface area (Å²) >= 11 is 0. The summed E-state index contributed by atoms with van der Waals surface area (Å²) in [7, 11) is 0. The van der Waals surface area contributed by atoms with E-state index in [0.717, 1.165) is 29.6 Å².